The van der Waals surface area contributed by atoms with Crippen molar-refractivity contribution in [1.29, 1.82) is 0 Å². The number of hydrogen-bond donors (Lipinski definition) is 2. The minimum absolute atomic E-state index is 0.161. The van der Waals surface area contributed by atoms with E-state index in [4.69, 9.17) is 39.9 Å². The Kier molecular flexibility index (Phi) is 5.62. The lowest BCUT2D eigenvalue weighted by Gasteiger charge is -2.15. The van der Waals surface area contributed by atoms with E-state index in [-0.39, 0.29) is 17.8 Å². The summed E-state index contributed by atoms with van der Waals surface area (Å²) in [5.41, 5.74) is 0. The van der Waals surface area contributed by atoms with Gasteiger partial charge < -0.3 is 10.4 Å². The van der Waals surface area contributed by atoms with Crippen molar-refractivity contribution >= 4 is 40.6 Å². The SMILES string of the molecule is CC(CCCO)Nc1nc(Cl)c(Cl)cc1Cl. The van der Waals surface area contributed by atoms with Crippen LogP contribution in [0.5, 0.6) is 0 Å². The molecule has 0 fully saturated rings. The summed E-state index contributed by atoms with van der Waals surface area (Å²) in [6, 6.07) is 1.72. The Balaban J connectivity index is 2.69. The zero-order chi connectivity index (χ0) is 12.1. The van der Waals surface area contributed by atoms with Crippen LogP contribution >= 0.6 is 34.8 Å². The first-order valence-electron chi connectivity index (χ1n) is 4.93. The highest BCUT2D eigenvalue weighted by Gasteiger charge is 2.10. The van der Waals surface area contributed by atoms with Gasteiger partial charge in [0.2, 0.25) is 0 Å². The van der Waals surface area contributed by atoms with Gasteiger partial charge in [0.05, 0.1) is 10.0 Å². The number of aliphatic hydroxyl groups is 1. The molecule has 0 spiro atoms. The molecule has 1 aromatic rings. The van der Waals surface area contributed by atoms with Gasteiger partial charge in [-0.15, -0.1) is 0 Å². The number of pyridine rings is 1. The number of aromatic nitrogens is 1. The van der Waals surface area contributed by atoms with Gasteiger partial charge in [0.1, 0.15) is 11.0 Å². The predicted octanol–water partition coefficient (Wildman–Crippen LogP) is 3.61. The maximum atomic E-state index is 8.71. The van der Waals surface area contributed by atoms with Crippen LogP contribution in [0.15, 0.2) is 6.07 Å². The monoisotopic (exact) mass is 282 g/mol. The van der Waals surface area contributed by atoms with Crippen molar-refractivity contribution in [3.63, 3.8) is 0 Å². The first-order valence-corrected chi connectivity index (χ1v) is 6.07. The van der Waals surface area contributed by atoms with Gasteiger partial charge in [0, 0.05) is 12.6 Å². The standard InChI is InChI=1S/C10H13Cl3N2O/c1-6(3-2-4-16)14-10-8(12)5-7(11)9(13)15-10/h5-6,16H,2-4H2,1H3,(H,14,15). The molecule has 16 heavy (non-hydrogen) atoms. The fourth-order valence-electron chi connectivity index (χ4n) is 1.25. The van der Waals surface area contributed by atoms with Crippen LogP contribution < -0.4 is 5.32 Å². The summed E-state index contributed by atoms with van der Waals surface area (Å²) in [5.74, 6) is 0.515. The summed E-state index contributed by atoms with van der Waals surface area (Å²) >= 11 is 17.5. The molecule has 90 valence electrons. The van der Waals surface area contributed by atoms with E-state index in [1.54, 1.807) is 6.07 Å². The first kappa shape index (κ1) is 13.8. The Bertz CT molecular complexity index is 360. The van der Waals surface area contributed by atoms with Crippen molar-refractivity contribution in [1.82, 2.24) is 4.98 Å². The molecule has 1 atom stereocenters. The second-order valence-corrected chi connectivity index (χ2v) is 4.68. The molecule has 2 N–H and O–H groups in total. The average Bonchev–Trinajstić information content (AvgIpc) is 2.23. The maximum absolute atomic E-state index is 8.71. The highest BCUT2D eigenvalue weighted by molar-refractivity contribution is 6.42. The Labute approximate surface area is 110 Å². The van der Waals surface area contributed by atoms with E-state index in [1.165, 1.54) is 0 Å². The van der Waals surface area contributed by atoms with Gasteiger partial charge in [-0.05, 0) is 25.8 Å². The fraction of sp³-hybridized carbons (Fsp3) is 0.500. The lowest BCUT2D eigenvalue weighted by Crippen LogP contribution is -2.16. The molecule has 0 amide bonds. The van der Waals surface area contributed by atoms with Gasteiger partial charge in [-0.3, -0.25) is 0 Å². The molecule has 0 saturated heterocycles. The van der Waals surface area contributed by atoms with Crippen LogP contribution in [0, 0.1) is 0 Å². The molecule has 0 aromatic carbocycles. The number of halogens is 3. The third-order valence-corrected chi connectivity index (χ3v) is 3.03. The van der Waals surface area contributed by atoms with Crippen LogP contribution in [0.4, 0.5) is 5.82 Å². The smallest absolute Gasteiger partial charge is 0.150 e. The summed E-state index contributed by atoms with van der Waals surface area (Å²) in [6.45, 7) is 2.16. The fourth-order valence-corrected chi connectivity index (χ4v) is 1.80. The molecule has 0 radical (unpaired) electrons. The first-order chi connectivity index (χ1) is 7.54. The highest BCUT2D eigenvalue weighted by atomic mass is 35.5. The van der Waals surface area contributed by atoms with E-state index in [9.17, 15) is 0 Å². The van der Waals surface area contributed by atoms with Crippen LogP contribution in [0.3, 0.4) is 0 Å². The number of nitrogens with zero attached hydrogens (tertiary/aromatic N) is 1. The highest BCUT2D eigenvalue weighted by Crippen LogP contribution is 2.29. The quantitative estimate of drug-likeness (QED) is 0.811. The summed E-state index contributed by atoms with van der Waals surface area (Å²) in [6.07, 6.45) is 1.56. The Hall–Kier alpha value is -0.220. The molecular weight excluding hydrogens is 270 g/mol. The molecule has 1 rings (SSSR count). The van der Waals surface area contributed by atoms with Crippen LogP contribution in [0.25, 0.3) is 0 Å². The van der Waals surface area contributed by atoms with Gasteiger partial charge in [-0.2, -0.15) is 0 Å². The zero-order valence-electron chi connectivity index (χ0n) is 8.80. The van der Waals surface area contributed by atoms with E-state index >= 15 is 0 Å². The van der Waals surface area contributed by atoms with Crippen molar-refractivity contribution in [3.8, 4) is 0 Å². The van der Waals surface area contributed by atoms with Crippen LogP contribution in [0.2, 0.25) is 15.2 Å². The Morgan fingerprint density at radius 2 is 2.06 bits per heavy atom. The van der Waals surface area contributed by atoms with Crippen molar-refractivity contribution in [2.45, 2.75) is 25.8 Å². The topological polar surface area (TPSA) is 45.1 Å². The van der Waals surface area contributed by atoms with Gasteiger partial charge >= 0.3 is 0 Å². The summed E-state index contributed by atoms with van der Waals surface area (Å²) in [7, 11) is 0. The van der Waals surface area contributed by atoms with Gasteiger partial charge in [-0.25, -0.2) is 4.98 Å². The molecule has 0 saturated carbocycles. The van der Waals surface area contributed by atoms with Gasteiger partial charge in [-0.1, -0.05) is 34.8 Å². The van der Waals surface area contributed by atoms with Crippen LogP contribution in [-0.4, -0.2) is 22.7 Å². The lowest BCUT2D eigenvalue weighted by molar-refractivity contribution is 0.282. The largest absolute Gasteiger partial charge is 0.396 e. The molecule has 0 aliphatic carbocycles. The van der Waals surface area contributed by atoms with Gasteiger partial charge in [0.25, 0.3) is 0 Å². The summed E-state index contributed by atoms with van der Waals surface area (Å²) < 4.78 is 0. The van der Waals surface area contributed by atoms with Crippen LogP contribution in [0.1, 0.15) is 19.8 Å². The normalized spacial score (nSPS) is 12.6. The van der Waals surface area contributed by atoms with Crippen LogP contribution in [-0.2, 0) is 0 Å². The molecule has 0 aliphatic rings. The molecule has 1 heterocycles. The van der Waals surface area contributed by atoms with E-state index in [2.05, 4.69) is 10.3 Å². The lowest BCUT2D eigenvalue weighted by atomic mass is 10.2. The van der Waals surface area contributed by atoms with Crippen molar-refractivity contribution < 1.29 is 5.11 Å². The number of nitrogens with one attached hydrogen (secondary N) is 1. The van der Waals surface area contributed by atoms with Crippen molar-refractivity contribution in [2.75, 3.05) is 11.9 Å². The number of rotatable bonds is 5. The Morgan fingerprint density at radius 3 is 2.69 bits per heavy atom. The van der Waals surface area contributed by atoms with E-state index in [0.29, 0.717) is 15.9 Å². The third kappa shape index (κ3) is 3.98. The molecule has 3 nitrogen and oxygen atoms in total. The molecule has 1 unspecified atom stereocenters. The second-order valence-electron chi connectivity index (χ2n) is 3.50. The van der Waals surface area contributed by atoms with E-state index in [0.717, 1.165) is 12.8 Å². The number of anilines is 1. The molecule has 0 aliphatic heterocycles. The summed E-state index contributed by atoms with van der Waals surface area (Å²) in [5, 5.41) is 12.8. The molecule has 6 heteroatoms. The van der Waals surface area contributed by atoms with Crippen molar-refractivity contribution in [2.24, 2.45) is 0 Å². The van der Waals surface area contributed by atoms with E-state index in [1.807, 2.05) is 6.92 Å². The molecule has 1 aromatic heterocycles. The zero-order valence-corrected chi connectivity index (χ0v) is 11.1. The minimum Gasteiger partial charge on any atom is -0.396 e. The van der Waals surface area contributed by atoms with E-state index < -0.39 is 0 Å². The predicted molar refractivity (Wildman–Crippen MR) is 68.7 cm³/mol. The molecule has 0 bridgehead atoms. The van der Waals surface area contributed by atoms with Gasteiger partial charge in [0.15, 0.2) is 0 Å². The maximum Gasteiger partial charge on any atom is 0.150 e. The number of aliphatic hydroxyl groups excluding tert-OH is 1. The molecular formula is C10H13Cl3N2O. The minimum atomic E-state index is 0.161. The second kappa shape index (κ2) is 6.50. The Morgan fingerprint density at radius 1 is 1.38 bits per heavy atom. The third-order valence-electron chi connectivity index (χ3n) is 2.07. The number of hydrogen-bond acceptors (Lipinski definition) is 3. The van der Waals surface area contributed by atoms with Crippen molar-refractivity contribution in [3.05, 3.63) is 21.3 Å². The average molecular weight is 284 g/mol. The summed E-state index contributed by atoms with van der Waals surface area (Å²) in [4.78, 5) is 4.05.